The van der Waals surface area contributed by atoms with Crippen LogP contribution in [0.2, 0.25) is 0 Å². The van der Waals surface area contributed by atoms with Crippen molar-refractivity contribution in [2.24, 2.45) is 5.73 Å². The first-order valence-electron chi connectivity index (χ1n) is 11.3. The molecule has 8 nitrogen and oxygen atoms in total. The van der Waals surface area contributed by atoms with Crippen molar-refractivity contribution in [1.82, 2.24) is 9.97 Å². The number of aliphatic hydroxyl groups is 1. The molecule has 3 atom stereocenters. The van der Waals surface area contributed by atoms with Crippen LogP contribution in [0, 0.1) is 0 Å². The van der Waals surface area contributed by atoms with Gasteiger partial charge in [0.2, 0.25) is 11.6 Å². The standard InChI is InChI=1S/C26H28N4O4/c1-30(23(24(27)31)22-14-15-28-18-29-22)16-8-13-21(30)17-34-25(32)26(33,19-9-4-2-5-10-19)20-11-6-3-7-12-20/h2-7,9-12,14-15,18,21,23,33H,8,13,16-17H2,1H3,(H-,27,31)/p+1/t21?,23?,30-/m1/s1. The minimum Gasteiger partial charge on any atom is -0.457 e. The van der Waals surface area contributed by atoms with Gasteiger partial charge in [0.25, 0.3) is 5.91 Å². The lowest BCUT2D eigenvalue weighted by Crippen LogP contribution is -2.57. The molecule has 0 spiro atoms. The number of benzene rings is 2. The van der Waals surface area contributed by atoms with E-state index in [4.69, 9.17) is 10.5 Å². The van der Waals surface area contributed by atoms with Gasteiger partial charge in [-0.1, -0.05) is 60.7 Å². The molecule has 1 aliphatic heterocycles. The van der Waals surface area contributed by atoms with Crippen molar-refractivity contribution in [3.63, 3.8) is 0 Å². The second kappa shape index (κ2) is 9.70. The summed E-state index contributed by atoms with van der Waals surface area (Å²) in [6.07, 6.45) is 4.56. The summed E-state index contributed by atoms with van der Waals surface area (Å²) < 4.78 is 6.04. The van der Waals surface area contributed by atoms with E-state index in [1.54, 1.807) is 60.8 Å². The summed E-state index contributed by atoms with van der Waals surface area (Å²) in [6, 6.07) is 18.3. The minimum atomic E-state index is -1.96. The van der Waals surface area contributed by atoms with Gasteiger partial charge >= 0.3 is 5.97 Å². The average molecular weight is 462 g/mol. The van der Waals surface area contributed by atoms with Gasteiger partial charge in [-0.05, 0) is 17.2 Å². The molecule has 1 saturated heterocycles. The van der Waals surface area contributed by atoms with E-state index in [1.165, 1.54) is 6.33 Å². The number of likely N-dealkylation sites (N-methyl/N-ethyl adjacent to an activating group) is 1. The molecular weight excluding hydrogens is 432 g/mol. The number of hydrogen-bond donors (Lipinski definition) is 2. The van der Waals surface area contributed by atoms with E-state index >= 15 is 0 Å². The van der Waals surface area contributed by atoms with Gasteiger partial charge in [-0.2, -0.15) is 0 Å². The molecular formula is C26H29N4O4+. The Kier molecular flexibility index (Phi) is 6.72. The zero-order chi connectivity index (χ0) is 24.2. The third kappa shape index (κ3) is 4.30. The van der Waals surface area contributed by atoms with Gasteiger partial charge in [-0.15, -0.1) is 0 Å². The fourth-order valence-electron chi connectivity index (χ4n) is 4.98. The monoisotopic (exact) mass is 461 g/mol. The molecule has 4 rings (SSSR count). The van der Waals surface area contributed by atoms with Gasteiger partial charge in [0.15, 0.2) is 0 Å². The van der Waals surface area contributed by atoms with Gasteiger partial charge in [0, 0.05) is 19.0 Å². The highest BCUT2D eigenvalue weighted by Crippen LogP contribution is 2.37. The largest absolute Gasteiger partial charge is 0.457 e. The van der Waals surface area contributed by atoms with E-state index in [0.717, 1.165) is 12.8 Å². The topological polar surface area (TPSA) is 115 Å². The minimum absolute atomic E-state index is 0.0339. The SMILES string of the molecule is C[N@@+]1(C(C(N)=O)c2ccncn2)CCCC1COC(=O)C(O)(c1ccccc1)c1ccccc1. The van der Waals surface area contributed by atoms with Crippen LogP contribution in [0.15, 0.2) is 79.3 Å². The molecule has 1 aromatic heterocycles. The Labute approximate surface area is 198 Å². The Hall–Kier alpha value is -3.62. The summed E-state index contributed by atoms with van der Waals surface area (Å²) in [7, 11) is 1.93. The number of amides is 1. The number of esters is 1. The lowest BCUT2D eigenvalue weighted by atomic mass is 9.86. The molecule has 0 aliphatic carbocycles. The van der Waals surface area contributed by atoms with E-state index in [1.807, 2.05) is 19.2 Å². The van der Waals surface area contributed by atoms with Crippen LogP contribution in [-0.2, 0) is 19.9 Å². The number of nitrogens with two attached hydrogens (primary N) is 1. The van der Waals surface area contributed by atoms with Gasteiger partial charge < -0.3 is 20.1 Å². The number of ether oxygens (including phenoxy) is 1. The summed E-state index contributed by atoms with van der Waals surface area (Å²) in [6.45, 7) is 0.716. The number of quaternary nitrogens is 1. The quantitative estimate of drug-likeness (QED) is 0.392. The molecule has 1 amide bonds. The molecule has 1 aliphatic rings. The summed E-state index contributed by atoms with van der Waals surface area (Å²) >= 11 is 0. The van der Waals surface area contributed by atoms with Gasteiger partial charge in [-0.3, -0.25) is 4.79 Å². The third-order valence-electron chi connectivity index (χ3n) is 6.84. The normalized spacial score (nSPS) is 21.1. The van der Waals surface area contributed by atoms with Crippen molar-refractivity contribution in [1.29, 1.82) is 0 Å². The fraction of sp³-hybridized carbons (Fsp3) is 0.308. The number of hydrogen-bond acceptors (Lipinski definition) is 6. The molecule has 2 heterocycles. The lowest BCUT2D eigenvalue weighted by Gasteiger charge is -2.41. The van der Waals surface area contributed by atoms with Crippen molar-refractivity contribution >= 4 is 11.9 Å². The van der Waals surface area contributed by atoms with Crippen molar-refractivity contribution in [3.05, 3.63) is 96.1 Å². The van der Waals surface area contributed by atoms with Crippen LogP contribution >= 0.6 is 0 Å². The van der Waals surface area contributed by atoms with Crippen molar-refractivity contribution in [3.8, 4) is 0 Å². The Bertz CT molecular complexity index is 1090. The molecule has 8 heteroatoms. The Morgan fingerprint density at radius 2 is 1.74 bits per heavy atom. The first-order valence-corrected chi connectivity index (χ1v) is 11.3. The number of primary amides is 1. The van der Waals surface area contributed by atoms with Crippen LogP contribution in [-0.4, -0.2) is 57.7 Å². The Morgan fingerprint density at radius 1 is 1.12 bits per heavy atom. The van der Waals surface area contributed by atoms with E-state index in [2.05, 4.69) is 9.97 Å². The Morgan fingerprint density at radius 3 is 2.26 bits per heavy atom. The molecule has 3 N–H and O–H groups in total. The van der Waals surface area contributed by atoms with Crippen molar-refractivity contribution in [2.75, 3.05) is 20.2 Å². The Balaban J connectivity index is 1.60. The molecule has 0 bridgehead atoms. The lowest BCUT2D eigenvalue weighted by molar-refractivity contribution is -0.941. The van der Waals surface area contributed by atoms with Crippen LogP contribution in [0.3, 0.4) is 0 Å². The second-order valence-electron chi connectivity index (χ2n) is 8.85. The highest BCUT2D eigenvalue weighted by Gasteiger charge is 2.50. The fourth-order valence-corrected chi connectivity index (χ4v) is 4.98. The van der Waals surface area contributed by atoms with E-state index in [-0.39, 0.29) is 17.1 Å². The molecule has 34 heavy (non-hydrogen) atoms. The van der Waals surface area contributed by atoms with E-state index < -0.39 is 23.5 Å². The first-order chi connectivity index (χ1) is 16.4. The zero-order valence-electron chi connectivity index (χ0n) is 19.1. The molecule has 0 radical (unpaired) electrons. The van der Waals surface area contributed by atoms with Gasteiger partial charge in [0.05, 0.1) is 13.6 Å². The average Bonchev–Trinajstić information content (AvgIpc) is 3.24. The summed E-state index contributed by atoms with van der Waals surface area (Å²) in [5.74, 6) is -1.26. The maximum atomic E-state index is 13.4. The second-order valence-corrected chi connectivity index (χ2v) is 8.85. The molecule has 176 valence electrons. The maximum absolute atomic E-state index is 13.4. The predicted molar refractivity (Wildman–Crippen MR) is 125 cm³/mol. The van der Waals surface area contributed by atoms with Crippen LogP contribution in [0.4, 0.5) is 0 Å². The predicted octanol–water partition coefficient (Wildman–Crippen LogP) is 2.09. The van der Waals surface area contributed by atoms with Crippen molar-refractivity contribution in [2.45, 2.75) is 30.5 Å². The van der Waals surface area contributed by atoms with Crippen LogP contribution in [0.1, 0.15) is 35.7 Å². The smallest absolute Gasteiger partial charge is 0.347 e. The van der Waals surface area contributed by atoms with Crippen molar-refractivity contribution < 1.29 is 23.9 Å². The highest BCUT2D eigenvalue weighted by atomic mass is 16.6. The van der Waals surface area contributed by atoms with Gasteiger partial charge in [0.1, 0.15) is 24.7 Å². The number of aromatic nitrogens is 2. The molecule has 3 aromatic rings. The number of carbonyl (C=O) groups excluding carboxylic acids is 2. The number of carbonyl (C=O) groups is 2. The third-order valence-corrected chi connectivity index (χ3v) is 6.84. The molecule has 2 aromatic carbocycles. The summed E-state index contributed by atoms with van der Waals surface area (Å²) in [5.41, 5.74) is 5.23. The van der Waals surface area contributed by atoms with Crippen LogP contribution in [0.25, 0.3) is 0 Å². The van der Waals surface area contributed by atoms with E-state index in [9.17, 15) is 14.7 Å². The number of likely N-dealkylation sites (tertiary alicyclic amines) is 1. The molecule has 1 fully saturated rings. The van der Waals surface area contributed by atoms with Crippen LogP contribution < -0.4 is 5.73 Å². The number of rotatable bonds is 8. The van der Waals surface area contributed by atoms with E-state index in [0.29, 0.717) is 23.4 Å². The summed E-state index contributed by atoms with van der Waals surface area (Å²) in [5, 5.41) is 11.6. The molecule has 2 unspecified atom stereocenters. The first kappa shape index (κ1) is 23.5. The van der Waals surface area contributed by atoms with Gasteiger partial charge in [-0.25, -0.2) is 14.8 Å². The van der Waals surface area contributed by atoms with Crippen LogP contribution in [0.5, 0.6) is 0 Å². The highest BCUT2D eigenvalue weighted by molar-refractivity contribution is 5.85. The number of nitrogens with zero attached hydrogens (tertiary/aromatic N) is 3. The summed E-state index contributed by atoms with van der Waals surface area (Å²) in [4.78, 5) is 34.1. The zero-order valence-corrected chi connectivity index (χ0v) is 19.1. The maximum Gasteiger partial charge on any atom is 0.347 e. The molecule has 0 saturated carbocycles.